The lowest BCUT2D eigenvalue weighted by Gasteiger charge is -2.23. The number of hydrogen-bond acceptors (Lipinski definition) is 9. The molecule has 0 aliphatic rings. The Morgan fingerprint density at radius 2 is 1.90 bits per heavy atom. The van der Waals surface area contributed by atoms with Crippen molar-refractivity contribution in [3.05, 3.63) is 70.5 Å². The zero-order chi connectivity index (χ0) is 28.6. The van der Waals surface area contributed by atoms with E-state index in [4.69, 9.17) is 4.52 Å². The van der Waals surface area contributed by atoms with Crippen LogP contribution in [0.3, 0.4) is 0 Å². The summed E-state index contributed by atoms with van der Waals surface area (Å²) in [5.41, 5.74) is 0.990. The minimum absolute atomic E-state index is 0.0115. The predicted octanol–water partition coefficient (Wildman–Crippen LogP) is 5.04. The molecule has 1 N–H and O–H groups in total. The Bertz CT molecular complexity index is 1330. The molecule has 13 heteroatoms. The Balaban J connectivity index is 1.63. The van der Waals surface area contributed by atoms with Crippen LogP contribution in [0.15, 0.2) is 68.3 Å². The second kappa shape index (κ2) is 12.3. The average molecular weight is 542 g/mol. The first-order valence-corrected chi connectivity index (χ1v) is 11.8. The molecule has 0 atom stereocenters. The molecule has 3 aromatic rings. The first-order chi connectivity index (χ1) is 18.4. The molecule has 0 radical (unpaired) electrons. The predicted molar refractivity (Wildman–Crippen MR) is 142 cm³/mol. The van der Waals surface area contributed by atoms with Gasteiger partial charge in [-0.15, -0.1) is 0 Å². The molecule has 0 unspecified atom stereocenters. The Morgan fingerprint density at radius 1 is 1.18 bits per heavy atom. The first kappa shape index (κ1) is 29.0. The SMILES string of the molecule is C=NN(Cc1cccc(C(=O)NC(C)(C)CN=O)c1)C(C)=NCc1nc(-c2ccc(OC(C)(F)F)cc2)no1. The molecule has 206 valence electrons. The second-order valence-corrected chi connectivity index (χ2v) is 9.33. The van der Waals surface area contributed by atoms with Gasteiger partial charge in [0.15, 0.2) is 0 Å². The lowest BCUT2D eigenvalue weighted by Crippen LogP contribution is -2.45. The maximum absolute atomic E-state index is 13.0. The van der Waals surface area contributed by atoms with Gasteiger partial charge in [0.25, 0.3) is 5.91 Å². The van der Waals surface area contributed by atoms with Crippen molar-refractivity contribution in [2.24, 2.45) is 15.3 Å². The number of amides is 1. The molecule has 0 saturated carbocycles. The molecule has 1 aromatic heterocycles. The third kappa shape index (κ3) is 8.76. The van der Waals surface area contributed by atoms with Crippen LogP contribution in [0.25, 0.3) is 11.4 Å². The number of nitroso groups, excluding NO2 is 1. The lowest BCUT2D eigenvalue weighted by molar-refractivity contribution is -0.158. The number of nitrogens with one attached hydrogen (secondary N) is 1. The Morgan fingerprint density at radius 3 is 2.54 bits per heavy atom. The zero-order valence-electron chi connectivity index (χ0n) is 22.0. The molecular formula is C26H29F2N7O4. The van der Waals surface area contributed by atoms with Crippen LogP contribution in [-0.4, -0.2) is 51.8 Å². The number of carbonyl (C=O) groups excluding carboxylic acids is 1. The number of hydrazone groups is 1. The molecule has 0 bridgehead atoms. The fourth-order valence-electron chi connectivity index (χ4n) is 3.41. The van der Waals surface area contributed by atoms with Gasteiger partial charge in [-0.2, -0.15) is 23.8 Å². The van der Waals surface area contributed by atoms with Gasteiger partial charge >= 0.3 is 6.11 Å². The number of ether oxygens (including phenoxy) is 1. The van der Waals surface area contributed by atoms with Gasteiger partial charge in [-0.25, -0.2) is 5.01 Å². The van der Waals surface area contributed by atoms with Gasteiger partial charge in [-0.05, 0) is 62.7 Å². The summed E-state index contributed by atoms with van der Waals surface area (Å²) in [7, 11) is 0. The third-order valence-electron chi connectivity index (χ3n) is 5.30. The minimum atomic E-state index is -3.28. The van der Waals surface area contributed by atoms with Gasteiger partial charge in [0.2, 0.25) is 11.7 Å². The molecule has 0 spiro atoms. The van der Waals surface area contributed by atoms with Crippen LogP contribution in [0.5, 0.6) is 5.75 Å². The van der Waals surface area contributed by atoms with Crippen LogP contribution < -0.4 is 10.1 Å². The highest BCUT2D eigenvalue weighted by Crippen LogP contribution is 2.24. The summed E-state index contributed by atoms with van der Waals surface area (Å²) in [6.45, 7) is 9.73. The van der Waals surface area contributed by atoms with E-state index in [1.165, 1.54) is 12.1 Å². The fraction of sp³-hybridized carbons (Fsp3) is 0.346. The standard InChI is InChI=1S/C26H29F2N7O4/c1-17(30-14-22-32-23(34-39-22)19-9-11-21(12-10-19)38-26(4,27)28)35(29-5)15-18-7-6-8-20(13-18)24(36)33-25(2,3)16-31-37/h6-13H,5,14-16H2,1-4H3,(H,33,36). The van der Waals surface area contributed by atoms with Gasteiger partial charge < -0.3 is 14.6 Å². The number of hydrogen-bond donors (Lipinski definition) is 1. The summed E-state index contributed by atoms with van der Waals surface area (Å²) in [4.78, 5) is 32.0. The molecule has 0 fully saturated rings. The summed E-state index contributed by atoms with van der Waals surface area (Å²) >= 11 is 0. The molecule has 0 aliphatic carbocycles. The highest BCUT2D eigenvalue weighted by Gasteiger charge is 2.23. The molecule has 39 heavy (non-hydrogen) atoms. The lowest BCUT2D eigenvalue weighted by atomic mass is 10.0. The number of nitrogens with zero attached hydrogens (tertiary/aromatic N) is 6. The van der Waals surface area contributed by atoms with Crippen LogP contribution in [0.4, 0.5) is 8.78 Å². The van der Waals surface area contributed by atoms with Crippen molar-refractivity contribution in [1.29, 1.82) is 0 Å². The smallest absolute Gasteiger partial charge is 0.394 e. The molecule has 1 heterocycles. The number of alkyl halides is 2. The first-order valence-electron chi connectivity index (χ1n) is 11.8. The van der Waals surface area contributed by atoms with E-state index in [1.807, 2.05) is 6.07 Å². The molecule has 3 rings (SSSR count). The van der Waals surface area contributed by atoms with Crippen molar-refractivity contribution in [3.63, 3.8) is 0 Å². The van der Waals surface area contributed by atoms with Crippen molar-refractivity contribution in [3.8, 4) is 17.1 Å². The van der Waals surface area contributed by atoms with E-state index in [1.54, 1.807) is 56.1 Å². The zero-order valence-corrected chi connectivity index (χ0v) is 22.0. The molecule has 0 aliphatic heterocycles. The van der Waals surface area contributed by atoms with E-state index < -0.39 is 11.6 Å². The van der Waals surface area contributed by atoms with Gasteiger partial charge in [0, 0.05) is 24.8 Å². The number of amidine groups is 1. The van der Waals surface area contributed by atoms with Crippen LogP contribution in [0, 0.1) is 4.91 Å². The summed E-state index contributed by atoms with van der Waals surface area (Å²) in [6, 6.07) is 12.8. The molecular weight excluding hydrogens is 512 g/mol. The number of aromatic nitrogens is 2. The largest absolute Gasteiger partial charge is 0.433 e. The minimum Gasteiger partial charge on any atom is -0.433 e. The van der Waals surface area contributed by atoms with Crippen molar-refractivity contribution < 1.29 is 22.8 Å². The van der Waals surface area contributed by atoms with Gasteiger partial charge in [0.1, 0.15) is 24.7 Å². The van der Waals surface area contributed by atoms with Crippen LogP contribution in [-0.2, 0) is 13.1 Å². The maximum Gasteiger partial charge on any atom is 0.394 e. The quantitative estimate of drug-likeness (QED) is 0.147. The molecule has 2 aromatic carbocycles. The number of aliphatic imine (C=N–C) groups is 1. The van der Waals surface area contributed by atoms with Crippen molar-refractivity contribution in [2.75, 3.05) is 6.54 Å². The van der Waals surface area contributed by atoms with E-state index in [0.29, 0.717) is 30.4 Å². The van der Waals surface area contributed by atoms with E-state index >= 15 is 0 Å². The summed E-state index contributed by atoms with van der Waals surface area (Å²) in [6.07, 6.45) is -3.28. The second-order valence-electron chi connectivity index (χ2n) is 9.33. The number of benzene rings is 2. The Hall–Kier alpha value is -4.55. The van der Waals surface area contributed by atoms with Gasteiger partial charge in [-0.1, -0.05) is 22.5 Å². The van der Waals surface area contributed by atoms with E-state index in [2.05, 4.69) is 42.2 Å². The van der Waals surface area contributed by atoms with Crippen molar-refractivity contribution in [1.82, 2.24) is 20.5 Å². The monoisotopic (exact) mass is 541 g/mol. The average Bonchev–Trinajstić information content (AvgIpc) is 3.34. The van der Waals surface area contributed by atoms with Crippen LogP contribution in [0.1, 0.15) is 49.5 Å². The van der Waals surface area contributed by atoms with E-state index in [-0.39, 0.29) is 36.5 Å². The topological polar surface area (TPSA) is 135 Å². The fourth-order valence-corrected chi connectivity index (χ4v) is 3.41. The Labute approximate surface area is 223 Å². The summed E-state index contributed by atoms with van der Waals surface area (Å²) in [5, 5.41) is 15.1. The normalized spacial score (nSPS) is 12.1. The highest BCUT2D eigenvalue weighted by molar-refractivity contribution is 5.94. The van der Waals surface area contributed by atoms with Crippen LogP contribution >= 0.6 is 0 Å². The summed E-state index contributed by atoms with van der Waals surface area (Å²) in [5.74, 6) is 0.706. The van der Waals surface area contributed by atoms with E-state index in [0.717, 1.165) is 5.56 Å². The molecule has 0 saturated heterocycles. The number of carbonyl (C=O) groups is 1. The van der Waals surface area contributed by atoms with E-state index in [9.17, 15) is 18.5 Å². The highest BCUT2D eigenvalue weighted by atomic mass is 19.3. The summed E-state index contributed by atoms with van der Waals surface area (Å²) < 4.78 is 35.8. The van der Waals surface area contributed by atoms with Crippen molar-refractivity contribution in [2.45, 2.75) is 52.4 Å². The third-order valence-corrected chi connectivity index (χ3v) is 5.30. The molecule has 1 amide bonds. The van der Waals surface area contributed by atoms with Gasteiger partial charge in [0.05, 0.1) is 12.1 Å². The number of rotatable bonds is 12. The van der Waals surface area contributed by atoms with Crippen LogP contribution in [0.2, 0.25) is 0 Å². The Kier molecular flexibility index (Phi) is 9.17. The maximum atomic E-state index is 13.0. The number of halogens is 2. The molecule has 11 nitrogen and oxygen atoms in total. The van der Waals surface area contributed by atoms with Crippen molar-refractivity contribution >= 4 is 18.5 Å². The van der Waals surface area contributed by atoms with Gasteiger partial charge in [-0.3, -0.25) is 9.79 Å².